The van der Waals surface area contributed by atoms with E-state index in [4.69, 9.17) is 11.6 Å². The lowest BCUT2D eigenvalue weighted by Crippen LogP contribution is -2.48. The summed E-state index contributed by atoms with van der Waals surface area (Å²) >= 11 is 6.62. The Hall–Kier alpha value is 0.250. The highest BCUT2D eigenvalue weighted by molar-refractivity contribution is 6.24. The zero-order valence-corrected chi connectivity index (χ0v) is 8.61. The van der Waals surface area contributed by atoms with E-state index in [1.54, 1.807) is 0 Å². The first-order chi connectivity index (χ1) is 5.71. The molecule has 2 fully saturated rings. The molecule has 0 bridgehead atoms. The van der Waals surface area contributed by atoms with Crippen molar-refractivity contribution in [2.24, 2.45) is 5.92 Å². The highest BCUT2D eigenvalue weighted by atomic mass is 35.5. The Morgan fingerprint density at radius 1 is 1.33 bits per heavy atom. The Kier molecular flexibility index (Phi) is 2.35. The third kappa shape index (κ3) is 1.49. The van der Waals surface area contributed by atoms with Crippen LogP contribution in [-0.2, 0) is 0 Å². The van der Waals surface area contributed by atoms with Crippen LogP contribution in [0.4, 0.5) is 0 Å². The van der Waals surface area contributed by atoms with E-state index in [9.17, 15) is 0 Å². The molecule has 1 saturated heterocycles. The van der Waals surface area contributed by atoms with Crippen LogP contribution in [0.15, 0.2) is 0 Å². The van der Waals surface area contributed by atoms with Gasteiger partial charge in [0.1, 0.15) is 0 Å². The van der Waals surface area contributed by atoms with Crippen molar-refractivity contribution >= 4 is 11.6 Å². The van der Waals surface area contributed by atoms with Gasteiger partial charge < -0.3 is 4.90 Å². The molecule has 70 valence electrons. The summed E-state index contributed by atoms with van der Waals surface area (Å²) < 4.78 is 0. The molecule has 2 rings (SSSR count). The van der Waals surface area contributed by atoms with Crippen molar-refractivity contribution in [3.8, 4) is 0 Å². The minimum atomic E-state index is 0.185. The van der Waals surface area contributed by atoms with E-state index in [0.29, 0.717) is 0 Å². The van der Waals surface area contributed by atoms with E-state index in [1.807, 2.05) is 0 Å². The highest BCUT2D eigenvalue weighted by Gasteiger charge is 2.41. The Morgan fingerprint density at radius 2 is 2.17 bits per heavy atom. The Balaban J connectivity index is 2.06. The van der Waals surface area contributed by atoms with E-state index in [0.717, 1.165) is 5.92 Å². The number of fused-ring (bicyclic) bond motifs is 1. The maximum atomic E-state index is 6.62. The summed E-state index contributed by atoms with van der Waals surface area (Å²) in [7, 11) is 2.21. The molecular formula is C10H18ClN. The fourth-order valence-corrected chi connectivity index (χ4v) is 3.10. The van der Waals surface area contributed by atoms with Crippen LogP contribution in [0.1, 0.15) is 32.1 Å². The second-order valence-corrected chi connectivity index (χ2v) is 5.24. The number of alkyl halides is 1. The summed E-state index contributed by atoms with van der Waals surface area (Å²) in [5.41, 5.74) is 0. The Bertz CT molecular complexity index is 171. The van der Waals surface area contributed by atoms with Gasteiger partial charge in [-0.1, -0.05) is 12.8 Å². The third-order valence-corrected chi connectivity index (χ3v) is 4.25. The van der Waals surface area contributed by atoms with Crippen molar-refractivity contribution in [1.29, 1.82) is 0 Å². The standard InChI is InChI=1S/C10H18ClN/c1-12-7-6-10(11)5-3-2-4-9(10)8-12/h9H,2-8H2,1H3/t9-,10-/m1/s1. The number of nitrogens with zero attached hydrogens (tertiary/aromatic N) is 1. The maximum absolute atomic E-state index is 6.62. The van der Waals surface area contributed by atoms with E-state index < -0.39 is 0 Å². The minimum absolute atomic E-state index is 0.185. The maximum Gasteiger partial charge on any atom is 0.0499 e. The molecule has 0 radical (unpaired) electrons. The van der Waals surface area contributed by atoms with Crippen molar-refractivity contribution in [3.05, 3.63) is 0 Å². The number of likely N-dealkylation sites (tertiary alicyclic amines) is 1. The van der Waals surface area contributed by atoms with Crippen LogP contribution < -0.4 is 0 Å². The van der Waals surface area contributed by atoms with Crippen LogP contribution in [0.5, 0.6) is 0 Å². The molecule has 2 heteroatoms. The van der Waals surface area contributed by atoms with Gasteiger partial charge in [0.25, 0.3) is 0 Å². The zero-order valence-electron chi connectivity index (χ0n) is 7.85. The van der Waals surface area contributed by atoms with Crippen molar-refractivity contribution in [2.45, 2.75) is 37.0 Å². The topological polar surface area (TPSA) is 3.24 Å². The molecule has 1 aliphatic heterocycles. The fourth-order valence-electron chi connectivity index (χ4n) is 2.70. The van der Waals surface area contributed by atoms with Crippen LogP contribution in [0, 0.1) is 5.92 Å². The molecule has 0 amide bonds. The molecule has 1 nitrogen and oxygen atoms in total. The SMILES string of the molecule is CN1CC[C@]2(Cl)CCCC[C@@H]2C1. The average Bonchev–Trinajstić information content (AvgIpc) is 2.06. The lowest BCUT2D eigenvalue weighted by molar-refractivity contribution is 0.124. The molecule has 0 aromatic carbocycles. The smallest absolute Gasteiger partial charge is 0.0499 e. The molecule has 2 atom stereocenters. The van der Waals surface area contributed by atoms with Crippen LogP contribution in [0.3, 0.4) is 0 Å². The van der Waals surface area contributed by atoms with E-state index in [2.05, 4.69) is 11.9 Å². The molecular weight excluding hydrogens is 170 g/mol. The van der Waals surface area contributed by atoms with Gasteiger partial charge in [-0.15, -0.1) is 11.6 Å². The van der Waals surface area contributed by atoms with Gasteiger partial charge in [0.05, 0.1) is 0 Å². The molecule has 0 N–H and O–H groups in total. The van der Waals surface area contributed by atoms with E-state index >= 15 is 0 Å². The molecule has 0 unspecified atom stereocenters. The minimum Gasteiger partial charge on any atom is -0.306 e. The Labute approximate surface area is 80.1 Å². The molecule has 0 spiro atoms. The van der Waals surface area contributed by atoms with Gasteiger partial charge in [0, 0.05) is 11.4 Å². The van der Waals surface area contributed by atoms with Crippen LogP contribution in [0.2, 0.25) is 0 Å². The number of halogens is 1. The zero-order chi connectivity index (χ0) is 8.60. The quantitative estimate of drug-likeness (QED) is 0.527. The predicted octanol–water partition coefficient (Wildman–Crippen LogP) is 2.49. The van der Waals surface area contributed by atoms with E-state index in [-0.39, 0.29) is 4.87 Å². The third-order valence-electron chi connectivity index (χ3n) is 3.57. The van der Waals surface area contributed by atoms with Crippen molar-refractivity contribution in [1.82, 2.24) is 4.90 Å². The average molecular weight is 188 g/mol. The van der Waals surface area contributed by atoms with Gasteiger partial charge in [0.15, 0.2) is 0 Å². The summed E-state index contributed by atoms with van der Waals surface area (Å²) in [5.74, 6) is 0.770. The summed E-state index contributed by atoms with van der Waals surface area (Å²) in [6.45, 7) is 2.42. The fraction of sp³-hybridized carbons (Fsp3) is 1.00. The van der Waals surface area contributed by atoms with Crippen molar-refractivity contribution in [3.63, 3.8) is 0 Å². The second kappa shape index (κ2) is 3.19. The number of hydrogen-bond acceptors (Lipinski definition) is 1. The molecule has 12 heavy (non-hydrogen) atoms. The van der Waals surface area contributed by atoms with Crippen molar-refractivity contribution in [2.75, 3.05) is 20.1 Å². The molecule has 1 saturated carbocycles. The number of piperidine rings is 1. The molecule has 1 heterocycles. The normalized spacial score (nSPS) is 44.0. The monoisotopic (exact) mass is 187 g/mol. The van der Waals surface area contributed by atoms with Gasteiger partial charge >= 0.3 is 0 Å². The summed E-state index contributed by atoms with van der Waals surface area (Å²) in [4.78, 5) is 2.61. The van der Waals surface area contributed by atoms with Gasteiger partial charge in [-0.3, -0.25) is 0 Å². The first-order valence-electron chi connectivity index (χ1n) is 5.08. The Morgan fingerprint density at radius 3 is 3.00 bits per heavy atom. The molecule has 1 aliphatic carbocycles. The van der Waals surface area contributed by atoms with Gasteiger partial charge in [-0.05, 0) is 38.8 Å². The first-order valence-corrected chi connectivity index (χ1v) is 5.46. The molecule has 2 aliphatic rings. The summed E-state index contributed by atoms with van der Waals surface area (Å²) in [6, 6.07) is 0. The second-order valence-electron chi connectivity index (χ2n) is 4.49. The summed E-state index contributed by atoms with van der Waals surface area (Å²) in [6.07, 6.45) is 6.56. The lowest BCUT2D eigenvalue weighted by Gasteiger charge is -2.46. The summed E-state index contributed by atoms with van der Waals surface area (Å²) in [5, 5.41) is 0. The largest absolute Gasteiger partial charge is 0.306 e. The molecule has 0 aromatic rings. The van der Waals surface area contributed by atoms with Crippen LogP contribution in [0.25, 0.3) is 0 Å². The number of rotatable bonds is 0. The lowest BCUT2D eigenvalue weighted by atomic mass is 9.74. The predicted molar refractivity (Wildman–Crippen MR) is 52.7 cm³/mol. The van der Waals surface area contributed by atoms with Gasteiger partial charge in [0.2, 0.25) is 0 Å². The highest BCUT2D eigenvalue weighted by Crippen LogP contribution is 2.44. The van der Waals surface area contributed by atoms with Gasteiger partial charge in [-0.25, -0.2) is 0 Å². The van der Waals surface area contributed by atoms with E-state index in [1.165, 1.54) is 45.2 Å². The molecule has 0 aromatic heterocycles. The van der Waals surface area contributed by atoms with Crippen LogP contribution in [-0.4, -0.2) is 29.9 Å². The van der Waals surface area contributed by atoms with Gasteiger partial charge in [-0.2, -0.15) is 0 Å². The van der Waals surface area contributed by atoms with Crippen molar-refractivity contribution < 1.29 is 0 Å². The number of hydrogen-bond donors (Lipinski definition) is 0. The van der Waals surface area contributed by atoms with Crippen LogP contribution >= 0.6 is 11.6 Å². The first kappa shape index (κ1) is 8.83.